The van der Waals surface area contributed by atoms with E-state index in [0.29, 0.717) is 40.5 Å². The van der Waals surface area contributed by atoms with E-state index in [0.717, 1.165) is 6.42 Å². The maximum atomic E-state index is 12.3. The van der Waals surface area contributed by atoms with E-state index < -0.39 is 6.10 Å². The molecule has 1 heterocycles. The Hall–Kier alpha value is -0.820. The van der Waals surface area contributed by atoms with E-state index in [1.165, 1.54) is 0 Å². The molecule has 1 aliphatic heterocycles. The van der Waals surface area contributed by atoms with Crippen molar-refractivity contribution in [2.24, 2.45) is 5.73 Å². The fourth-order valence-electron chi connectivity index (χ4n) is 2.23. The second kappa shape index (κ2) is 7.45. The molecule has 0 bridgehead atoms. The number of hydrogen-bond acceptors (Lipinski definition) is 4. The minimum Gasteiger partial charge on any atom is -0.491 e. The van der Waals surface area contributed by atoms with Crippen molar-refractivity contribution in [2.45, 2.75) is 32.0 Å². The molecule has 0 aliphatic carbocycles. The highest BCUT2D eigenvalue weighted by molar-refractivity contribution is 9.10. The van der Waals surface area contributed by atoms with Gasteiger partial charge in [0, 0.05) is 11.6 Å². The maximum Gasteiger partial charge on any atom is 0.253 e. The van der Waals surface area contributed by atoms with Crippen LogP contribution in [0.25, 0.3) is 0 Å². The second-order valence-electron chi connectivity index (χ2n) is 4.75. The first-order valence-electron chi connectivity index (χ1n) is 6.83. The van der Waals surface area contributed by atoms with E-state index in [1.807, 2.05) is 6.92 Å². The molecular weight excluding hydrogens is 360 g/mol. The number of anilines is 1. The van der Waals surface area contributed by atoms with Crippen molar-refractivity contribution in [3.05, 3.63) is 21.6 Å². The van der Waals surface area contributed by atoms with Crippen LogP contribution in [0.3, 0.4) is 0 Å². The third kappa shape index (κ3) is 4.10. The predicted molar refractivity (Wildman–Crippen MR) is 85.9 cm³/mol. The molecule has 2 atom stereocenters. The summed E-state index contributed by atoms with van der Waals surface area (Å²) in [7, 11) is 0. The smallest absolute Gasteiger partial charge is 0.253 e. The summed E-state index contributed by atoms with van der Waals surface area (Å²) in [5.41, 5.74) is 6.08. The summed E-state index contributed by atoms with van der Waals surface area (Å²) in [6.45, 7) is 2.79. The number of hydrogen-bond donors (Lipinski definition) is 2. The summed E-state index contributed by atoms with van der Waals surface area (Å²) < 4.78 is 11.8. The fraction of sp³-hybridized carbons (Fsp3) is 0.500. The zero-order valence-corrected chi connectivity index (χ0v) is 14.0. The molecule has 7 heteroatoms. The van der Waals surface area contributed by atoms with E-state index >= 15 is 0 Å². The molecule has 1 amide bonds. The van der Waals surface area contributed by atoms with Gasteiger partial charge in [0.1, 0.15) is 6.10 Å². The van der Waals surface area contributed by atoms with Crippen LogP contribution in [-0.2, 0) is 9.53 Å². The van der Waals surface area contributed by atoms with Gasteiger partial charge >= 0.3 is 0 Å². The number of carbonyl (C=O) groups is 1. The molecule has 1 aromatic carbocycles. The Morgan fingerprint density at radius 1 is 1.57 bits per heavy atom. The number of ether oxygens (including phenoxy) is 2. The summed E-state index contributed by atoms with van der Waals surface area (Å²) in [6, 6.07) is 3.38. The third-order valence-corrected chi connectivity index (χ3v) is 4.03. The quantitative estimate of drug-likeness (QED) is 0.827. The first kappa shape index (κ1) is 16.5. The minimum atomic E-state index is -0.481. The fourth-order valence-corrected chi connectivity index (χ4v) is 3.15. The Morgan fingerprint density at radius 2 is 2.33 bits per heavy atom. The Kier molecular flexibility index (Phi) is 5.87. The number of nitrogens with two attached hydrogens (primary N) is 1. The summed E-state index contributed by atoms with van der Waals surface area (Å²) in [5.74, 6) is 0.352. The van der Waals surface area contributed by atoms with Crippen LogP contribution in [-0.4, -0.2) is 31.3 Å². The monoisotopic (exact) mass is 376 g/mol. The molecule has 0 spiro atoms. The summed E-state index contributed by atoms with van der Waals surface area (Å²) in [4.78, 5) is 12.3. The van der Waals surface area contributed by atoms with Crippen LogP contribution in [0.4, 0.5) is 5.69 Å². The van der Waals surface area contributed by atoms with Crippen LogP contribution in [0, 0.1) is 0 Å². The zero-order chi connectivity index (χ0) is 15.4. The van der Waals surface area contributed by atoms with Crippen LogP contribution in [0.15, 0.2) is 16.6 Å². The van der Waals surface area contributed by atoms with Crippen LogP contribution in [0.2, 0.25) is 5.02 Å². The third-order valence-electron chi connectivity index (χ3n) is 3.22. The summed E-state index contributed by atoms with van der Waals surface area (Å²) in [6.07, 6.45) is 0.940. The van der Waals surface area contributed by atoms with Crippen molar-refractivity contribution < 1.29 is 14.3 Å². The Bertz CT molecular complexity index is 527. The lowest BCUT2D eigenvalue weighted by Crippen LogP contribution is -2.30. The van der Waals surface area contributed by atoms with Crippen LogP contribution in [0.1, 0.15) is 19.8 Å². The lowest BCUT2D eigenvalue weighted by Gasteiger charge is -2.16. The highest BCUT2D eigenvalue weighted by atomic mass is 79.9. The van der Waals surface area contributed by atoms with Crippen molar-refractivity contribution in [1.82, 2.24) is 0 Å². The molecule has 0 unspecified atom stereocenters. The van der Waals surface area contributed by atoms with E-state index in [2.05, 4.69) is 21.2 Å². The van der Waals surface area contributed by atoms with Gasteiger partial charge in [0.2, 0.25) is 0 Å². The van der Waals surface area contributed by atoms with E-state index in [9.17, 15) is 4.79 Å². The van der Waals surface area contributed by atoms with Gasteiger partial charge in [-0.2, -0.15) is 0 Å². The van der Waals surface area contributed by atoms with Crippen LogP contribution in [0.5, 0.6) is 5.75 Å². The molecule has 1 aliphatic rings. The van der Waals surface area contributed by atoms with Crippen molar-refractivity contribution >= 4 is 39.1 Å². The average Bonchev–Trinajstić information content (AvgIpc) is 2.91. The normalized spacial score (nSPS) is 21.3. The van der Waals surface area contributed by atoms with Crippen LogP contribution >= 0.6 is 27.5 Å². The first-order valence-corrected chi connectivity index (χ1v) is 8.00. The first-order chi connectivity index (χ1) is 10.0. The molecular formula is C14H18BrClN2O3. The number of nitrogens with one attached hydrogen (secondary N) is 1. The number of amides is 1. The molecule has 2 rings (SSSR count). The number of benzene rings is 1. The van der Waals surface area contributed by atoms with Crippen molar-refractivity contribution in [3.63, 3.8) is 0 Å². The molecule has 5 nitrogen and oxygen atoms in total. The molecule has 21 heavy (non-hydrogen) atoms. The van der Waals surface area contributed by atoms with Crippen molar-refractivity contribution in [2.75, 3.05) is 18.5 Å². The predicted octanol–water partition coefficient (Wildman–Crippen LogP) is 2.95. The van der Waals surface area contributed by atoms with Gasteiger partial charge in [0.05, 0.1) is 22.9 Å². The summed E-state index contributed by atoms with van der Waals surface area (Å²) >= 11 is 9.41. The van der Waals surface area contributed by atoms with Gasteiger partial charge in [-0.25, -0.2) is 0 Å². The molecule has 3 N–H and O–H groups in total. The highest BCUT2D eigenvalue weighted by Gasteiger charge is 2.30. The SMILES string of the molecule is CCOc1c(Br)cc(Cl)cc1NC(=O)[C@@H]1CC[C@H](CN)O1. The summed E-state index contributed by atoms with van der Waals surface area (Å²) in [5, 5.41) is 3.33. The van der Waals surface area contributed by atoms with Crippen molar-refractivity contribution in [1.29, 1.82) is 0 Å². The van der Waals surface area contributed by atoms with Gasteiger partial charge in [-0.15, -0.1) is 0 Å². The lowest BCUT2D eigenvalue weighted by atomic mass is 10.2. The molecule has 1 saturated heterocycles. The van der Waals surface area contributed by atoms with Gasteiger partial charge in [-0.1, -0.05) is 11.6 Å². The standard InChI is InChI=1S/C14H18BrClN2O3/c1-2-20-13-10(15)5-8(16)6-11(13)18-14(19)12-4-3-9(7-17)21-12/h5-6,9,12H,2-4,7,17H2,1H3,(H,18,19)/t9-,12+/m1/s1. The van der Waals surface area contributed by atoms with Gasteiger partial charge in [-0.05, 0) is 47.8 Å². The Labute approximate surface area is 137 Å². The van der Waals surface area contributed by atoms with E-state index in [1.54, 1.807) is 12.1 Å². The van der Waals surface area contributed by atoms with Gasteiger partial charge in [0.15, 0.2) is 5.75 Å². The molecule has 0 radical (unpaired) electrons. The number of halogens is 2. The average molecular weight is 378 g/mol. The number of carbonyl (C=O) groups excluding carboxylic acids is 1. The Morgan fingerprint density at radius 3 is 2.95 bits per heavy atom. The van der Waals surface area contributed by atoms with Gasteiger partial charge < -0.3 is 20.5 Å². The highest BCUT2D eigenvalue weighted by Crippen LogP contribution is 2.37. The van der Waals surface area contributed by atoms with E-state index in [-0.39, 0.29) is 12.0 Å². The molecule has 1 aromatic rings. The topological polar surface area (TPSA) is 73.6 Å². The molecule has 1 fully saturated rings. The zero-order valence-electron chi connectivity index (χ0n) is 11.7. The second-order valence-corrected chi connectivity index (χ2v) is 6.04. The minimum absolute atomic E-state index is 0.0433. The molecule has 116 valence electrons. The lowest BCUT2D eigenvalue weighted by molar-refractivity contribution is -0.126. The molecule has 0 saturated carbocycles. The largest absolute Gasteiger partial charge is 0.491 e. The van der Waals surface area contributed by atoms with Crippen LogP contribution < -0.4 is 15.8 Å². The van der Waals surface area contributed by atoms with E-state index in [4.69, 9.17) is 26.8 Å². The maximum absolute atomic E-state index is 12.3. The van der Waals surface area contributed by atoms with Gasteiger partial charge in [-0.3, -0.25) is 4.79 Å². The Balaban J connectivity index is 2.13. The van der Waals surface area contributed by atoms with Gasteiger partial charge in [0.25, 0.3) is 5.91 Å². The van der Waals surface area contributed by atoms with Crippen molar-refractivity contribution in [3.8, 4) is 5.75 Å². The molecule has 0 aromatic heterocycles. The number of rotatable bonds is 5.